The zero-order valence-electron chi connectivity index (χ0n) is 16.3. The number of hydrogen-bond acceptors (Lipinski definition) is 5. The van der Waals surface area contributed by atoms with Gasteiger partial charge in [0.1, 0.15) is 11.8 Å². The minimum Gasteiger partial charge on any atom is -0.507 e. The smallest absolute Gasteiger partial charge is 0.134 e. The average Bonchev–Trinajstić information content (AvgIpc) is 2.67. The van der Waals surface area contributed by atoms with Crippen LogP contribution in [0.3, 0.4) is 0 Å². The summed E-state index contributed by atoms with van der Waals surface area (Å²) in [5.74, 6) is 0.364. The second-order valence-electron chi connectivity index (χ2n) is 7.81. The van der Waals surface area contributed by atoms with Gasteiger partial charge in [-0.1, -0.05) is 44.2 Å². The fourth-order valence-corrected chi connectivity index (χ4v) is 3.73. The molecule has 0 saturated carbocycles. The predicted octanol–water partition coefficient (Wildman–Crippen LogP) is 3.55. The van der Waals surface area contributed by atoms with E-state index in [4.69, 9.17) is 4.74 Å². The summed E-state index contributed by atoms with van der Waals surface area (Å²) in [5.41, 5.74) is 3.99. The number of nitrogens with zero attached hydrogens (tertiary/aromatic N) is 1. The molecule has 1 aliphatic rings. The lowest BCUT2D eigenvalue weighted by molar-refractivity contribution is -0.113. The third kappa shape index (κ3) is 4.53. The summed E-state index contributed by atoms with van der Waals surface area (Å²) in [6.07, 6.45) is -0.128. The molecule has 3 atom stereocenters. The van der Waals surface area contributed by atoms with E-state index in [-0.39, 0.29) is 17.9 Å². The first kappa shape index (κ1) is 20.3. The van der Waals surface area contributed by atoms with E-state index in [2.05, 4.69) is 32.0 Å². The summed E-state index contributed by atoms with van der Waals surface area (Å²) in [6, 6.07) is 13.7. The van der Waals surface area contributed by atoms with Crippen molar-refractivity contribution in [3.63, 3.8) is 0 Å². The summed E-state index contributed by atoms with van der Waals surface area (Å²) in [4.78, 5) is 0. The number of aliphatic hydroxyl groups is 2. The summed E-state index contributed by atoms with van der Waals surface area (Å²) in [5, 5.41) is 39.4. The van der Waals surface area contributed by atoms with Crippen LogP contribution in [0.2, 0.25) is 0 Å². The second-order valence-corrected chi connectivity index (χ2v) is 7.81. The van der Waals surface area contributed by atoms with Crippen molar-refractivity contribution >= 4 is 0 Å². The van der Waals surface area contributed by atoms with E-state index in [0.717, 1.165) is 11.1 Å². The van der Waals surface area contributed by atoms with Gasteiger partial charge in [-0.3, -0.25) is 0 Å². The van der Waals surface area contributed by atoms with Gasteiger partial charge in [-0.2, -0.15) is 5.26 Å². The van der Waals surface area contributed by atoms with E-state index in [1.807, 2.05) is 18.2 Å². The van der Waals surface area contributed by atoms with Gasteiger partial charge in [0, 0.05) is 12.8 Å². The lowest BCUT2D eigenvalue weighted by Crippen LogP contribution is -2.33. The maximum atomic E-state index is 10.4. The number of ether oxygens (including phenoxy) is 1. The molecule has 2 aromatic rings. The number of aromatic hydroxyl groups is 1. The number of rotatable bonds is 5. The molecule has 1 fully saturated rings. The first-order valence-corrected chi connectivity index (χ1v) is 9.70. The van der Waals surface area contributed by atoms with Gasteiger partial charge in [-0.25, -0.2) is 0 Å². The maximum Gasteiger partial charge on any atom is 0.134 e. The third-order valence-electron chi connectivity index (χ3n) is 5.33. The second kappa shape index (κ2) is 8.74. The van der Waals surface area contributed by atoms with E-state index in [1.165, 1.54) is 11.6 Å². The van der Waals surface area contributed by atoms with Gasteiger partial charge in [-0.15, -0.1) is 0 Å². The fraction of sp³-hybridized carbons (Fsp3) is 0.435. The molecule has 2 aromatic carbocycles. The maximum absolute atomic E-state index is 10.4. The summed E-state index contributed by atoms with van der Waals surface area (Å²) < 4.78 is 5.86. The summed E-state index contributed by atoms with van der Waals surface area (Å²) in [7, 11) is 0. The first-order chi connectivity index (χ1) is 13.4. The first-order valence-electron chi connectivity index (χ1n) is 9.70. The third-order valence-corrected chi connectivity index (χ3v) is 5.33. The molecule has 0 radical (unpaired) electrons. The highest BCUT2D eigenvalue weighted by Gasteiger charge is 2.30. The van der Waals surface area contributed by atoms with Crippen LogP contribution in [0.5, 0.6) is 5.75 Å². The molecule has 5 heteroatoms. The quantitative estimate of drug-likeness (QED) is 0.736. The topological polar surface area (TPSA) is 93.7 Å². The Kier molecular flexibility index (Phi) is 6.35. The number of phenols is 1. The molecule has 1 aliphatic heterocycles. The van der Waals surface area contributed by atoms with Crippen molar-refractivity contribution in [2.45, 2.75) is 57.3 Å². The van der Waals surface area contributed by atoms with Crippen molar-refractivity contribution in [2.24, 2.45) is 0 Å². The van der Waals surface area contributed by atoms with Gasteiger partial charge < -0.3 is 20.1 Å². The van der Waals surface area contributed by atoms with Crippen molar-refractivity contribution in [1.82, 2.24) is 0 Å². The van der Waals surface area contributed by atoms with Crippen LogP contribution < -0.4 is 0 Å². The molecule has 28 heavy (non-hydrogen) atoms. The Morgan fingerprint density at radius 2 is 1.89 bits per heavy atom. The minimum absolute atomic E-state index is 0.0852. The van der Waals surface area contributed by atoms with Gasteiger partial charge in [0.25, 0.3) is 0 Å². The van der Waals surface area contributed by atoms with Crippen LogP contribution in [0.25, 0.3) is 0 Å². The molecule has 0 amide bonds. The number of hydrogen-bond donors (Lipinski definition) is 3. The van der Waals surface area contributed by atoms with E-state index in [0.29, 0.717) is 30.7 Å². The fourth-order valence-electron chi connectivity index (χ4n) is 3.73. The summed E-state index contributed by atoms with van der Waals surface area (Å²) in [6.45, 7) is 4.12. The Bertz CT molecular complexity index is 854. The van der Waals surface area contributed by atoms with Gasteiger partial charge in [-0.05, 0) is 40.7 Å². The Labute approximate surface area is 165 Å². The van der Waals surface area contributed by atoms with Crippen molar-refractivity contribution in [3.05, 3.63) is 64.2 Å². The van der Waals surface area contributed by atoms with Crippen LogP contribution in [0, 0.1) is 11.3 Å². The number of phenolic OH excluding ortho intramolecular Hbond substituents is 1. The normalized spacial score (nSPS) is 22.2. The molecule has 3 N–H and O–H groups in total. The van der Waals surface area contributed by atoms with Crippen LogP contribution in [-0.4, -0.2) is 34.1 Å². The molecular formula is C23H27NO4. The van der Waals surface area contributed by atoms with Crippen molar-refractivity contribution in [1.29, 1.82) is 5.26 Å². The molecule has 3 rings (SSSR count). The van der Waals surface area contributed by atoms with Gasteiger partial charge >= 0.3 is 0 Å². The lowest BCUT2D eigenvalue weighted by atomic mass is 9.91. The van der Waals surface area contributed by atoms with E-state index >= 15 is 0 Å². The van der Waals surface area contributed by atoms with Crippen molar-refractivity contribution in [2.75, 3.05) is 6.61 Å². The molecule has 0 bridgehead atoms. The molecule has 0 spiro atoms. The monoisotopic (exact) mass is 381 g/mol. The molecule has 1 heterocycles. The molecule has 0 aromatic heterocycles. The SMILES string of the molecule is CC(C)c1ccc(Cc2cc([C@H]3C[C@@H](O)C[C@@H](CO)O3)cc(O)c2C#N)cc1. The minimum atomic E-state index is -0.569. The molecule has 148 valence electrons. The standard InChI is InChI=1S/C23H27NO4/c1-14(2)16-5-3-15(4-6-16)7-17-8-18(9-22(27)21(17)12-24)23-11-19(26)10-20(13-25)28-23/h3-6,8-9,14,19-20,23,25-27H,7,10-11,13H2,1-2H3/t19-,20-,23+/m0/s1. The lowest BCUT2D eigenvalue weighted by Gasteiger charge is -2.33. The Hall–Kier alpha value is -2.39. The summed E-state index contributed by atoms with van der Waals surface area (Å²) >= 11 is 0. The molecule has 0 aliphatic carbocycles. The molecule has 5 nitrogen and oxygen atoms in total. The Balaban J connectivity index is 1.91. The van der Waals surface area contributed by atoms with Gasteiger partial charge in [0.15, 0.2) is 0 Å². The van der Waals surface area contributed by atoms with Gasteiger partial charge in [0.05, 0.1) is 30.5 Å². The van der Waals surface area contributed by atoms with Crippen LogP contribution in [-0.2, 0) is 11.2 Å². The number of benzene rings is 2. The van der Waals surface area contributed by atoms with Crippen LogP contribution in [0.4, 0.5) is 0 Å². The molecule has 1 saturated heterocycles. The van der Waals surface area contributed by atoms with E-state index < -0.39 is 18.3 Å². The van der Waals surface area contributed by atoms with Crippen LogP contribution >= 0.6 is 0 Å². The highest BCUT2D eigenvalue weighted by atomic mass is 16.5. The van der Waals surface area contributed by atoms with Crippen LogP contribution in [0.15, 0.2) is 36.4 Å². The Morgan fingerprint density at radius 3 is 2.50 bits per heavy atom. The van der Waals surface area contributed by atoms with E-state index in [9.17, 15) is 20.6 Å². The zero-order valence-corrected chi connectivity index (χ0v) is 16.3. The highest BCUT2D eigenvalue weighted by Crippen LogP contribution is 2.35. The van der Waals surface area contributed by atoms with E-state index in [1.54, 1.807) is 0 Å². The van der Waals surface area contributed by atoms with Gasteiger partial charge in [0.2, 0.25) is 0 Å². The largest absolute Gasteiger partial charge is 0.507 e. The predicted molar refractivity (Wildman–Crippen MR) is 106 cm³/mol. The molecular weight excluding hydrogens is 354 g/mol. The highest BCUT2D eigenvalue weighted by molar-refractivity contribution is 5.52. The number of aliphatic hydroxyl groups excluding tert-OH is 2. The molecule has 0 unspecified atom stereocenters. The zero-order chi connectivity index (χ0) is 20.3. The Morgan fingerprint density at radius 1 is 1.18 bits per heavy atom. The van der Waals surface area contributed by atoms with Crippen molar-refractivity contribution < 1.29 is 20.1 Å². The average molecular weight is 381 g/mol. The van der Waals surface area contributed by atoms with Crippen LogP contribution in [0.1, 0.15) is 66.5 Å². The number of nitriles is 1. The van der Waals surface area contributed by atoms with Crippen molar-refractivity contribution in [3.8, 4) is 11.8 Å².